The molecule has 1 atom stereocenters. The molecule has 0 unspecified atom stereocenters. The van der Waals surface area contributed by atoms with E-state index in [4.69, 9.17) is 32.7 Å². The number of anilines is 2. The number of amides is 2. The number of carbonyl (C=O) groups is 2. The lowest BCUT2D eigenvalue weighted by molar-refractivity contribution is -0.122. The molecule has 8 heteroatoms. The highest BCUT2D eigenvalue weighted by molar-refractivity contribution is 6.44. The molecule has 2 aromatic rings. The average molecular weight is 409 g/mol. The summed E-state index contributed by atoms with van der Waals surface area (Å²) in [4.78, 5) is 26.6. The van der Waals surface area contributed by atoms with Crippen LogP contribution in [-0.4, -0.2) is 32.6 Å². The fourth-order valence-corrected chi connectivity index (χ4v) is 3.31. The van der Waals surface area contributed by atoms with E-state index in [1.54, 1.807) is 48.4 Å². The Balaban J connectivity index is 1.75. The highest BCUT2D eigenvalue weighted by Gasteiger charge is 2.35. The predicted molar refractivity (Wildman–Crippen MR) is 105 cm³/mol. The van der Waals surface area contributed by atoms with Gasteiger partial charge in [-0.25, -0.2) is 0 Å². The molecule has 142 valence electrons. The maximum absolute atomic E-state index is 12.6. The van der Waals surface area contributed by atoms with E-state index in [-0.39, 0.29) is 29.8 Å². The van der Waals surface area contributed by atoms with Crippen LogP contribution in [0.1, 0.15) is 6.42 Å². The summed E-state index contributed by atoms with van der Waals surface area (Å²) in [6, 6.07) is 10.2. The Hall–Kier alpha value is -2.44. The van der Waals surface area contributed by atoms with Gasteiger partial charge in [0.2, 0.25) is 11.8 Å². The molecule has 0 radical (unpaired) electrons. The van der Waals surface area contributed by atoms with Gasteiger partial charge in [-0.05, 0) is 24.3 Å². The summed E-state index contributed by atoms with van der Waals surface area (Å²) in [5.41, 5.74) is 1.07. The number of hydrogen-bond donors (Lipinski definition) is 1. The van der Waals surface area contributed by atoms with Gasteiger partial charge in [0.15, 0.2) is 11.5 Å². The van der Waals surface area contributed by atoms with Crippen LogP contribution in [0, 0.1) is 5.92 Å². The summed E-state index contributed by atoms with van der Waals surface area (Å²) in [7, 11) is 3.07. The SMILES string of the molecule is COc1ccc(N2C[C@H](C(=O)Nc3cccc(Cl)c3Cl)CC2=O)cc1OC. The first-order valence-corrected chi connectivity index (χ1v) is 8.97. The molecule has 1 N–H and O–H groups in total. The quantitative estimate of drug-likeness (QED) is 0.811. The van der Waals surface area contributed by atoms with E-state index in [1.807, 2.05) is 0 Å². The van der Waals surface area contributed by atoms with Gasteiger partial charge in [0.05, 0.1) is 35.9 Å². The topological polar surface area (TPSA) is 67.9 Å². The van der Waals surface area contributed by atoms with E-state index in [2.05, 4.69) is 5.32 Å². The Labute approximate surface area is 167 Å². The molecule has 1 fully saturated rings. The second kappa shape index (κ2) is 8.06. The van der Waals surface area contributed by atoms with E-state index in [9.17, 15) is 9.59 Å². The van der Waals surface area contributed by atoms with Gasteiger partial charge in [0, 0.05) is 24.7 Å². The number of halogens is 2. The van der Waals surface area contributed by atoms with Crippen molar-refractivity contribution in [2.75, 3.05) is 31.0 Å². The van der Waals surface area contributed by atoms with E-state index in [0.717, 1.165) is 0 Å². The van der Waals surface area contributed by atoms with Crippen molar-refractivity contribution in [3.8, 4) is 11.5 Å². The van der Waals surface area contributed by atoms with E-state index < -0.39 is 5.92 Å². The molecular formula is C19H18Cl2N2O4. The zero-order valence-corrected chi connectivity index (χ0v) is 16.3. The van der Waals surface area contributed by atoms with Crippen molar-refractivity contribution >= 4 is 46.4 Å². The van der Waals surface area contributed by atoms with Crippen molar-refractivity contribution in [3.05, 3.63) is 46.4 Å². The van der Waals surface area contributed by atoms with Crippen LogP contribution >= 0.6 is 23.2 Å². The van der Waals surface area contributed by atoms with Gasteiger partial charge < -0.3 is 19.7 Å². The molecular weight excluding hydrogens is 391 g/mol. The van der Waals surface area contributed by atoms with Gasteiger partial charge in [-0.3, -0.25) is 9.59 Å². The third-order valence-corrected chi connectivity index (χ3v) is 5.20. The van der Waals surface area contributed by atoms with Crippen LogP contribution in [0.4, 0.5) is 11.4 Å². The molecule has 0 saturated carbocycles. The summed E-state index contributed by atoms with van der Waals surface area (Å²) < 4.78 is 10.5. The molecule has 1 saturated heterocycles. The monoisotopic (exact) mass is 408 g/mol. The van der Waals surface area contributed by atoms with E-state index in [1.165, 1.54) is 7.11 Å². The standard InChI is InChI=1S/C19H18Cl2N2O4/c1-26-15-7-6-12(9-16(15)27-2)23-10-11(8-17(23)24)19(25)22-14-5-3-4-13(20)18(14)21/h3-7,9,11H,8,10H2,1-2H3,(H,22,25)/t11-/m1/s1. The fourth-order valence-electron chi connectivity index (χ4n) is 2.96. The third kappa shape index (κ3) is 3.96. The Morgan fingerprint density at radius 1 is 1.15 bits per heavy atom. The maximum Gasteiger partial charge on any atom is 0.229 e. The maximum atomic E-state index is 12.6. The minimum atomic E-state index is -0.499. The Bertz CT molecular complexity index is 888. The molecule has 0 aromatic heterocycles. The molecule has 0 aliphatic carbocycles. The molecule has 2 amide bonds. The predicted octanol–water partition coefficient (Wildman–Crippen LogP) is 4.00. The molecule has 3 rings (SSSR count). The minimum Gasteiger partial charge on any atom is -0.493 e. The third-order valence-electron chi connectivity index (χ3n) is 4.38. The number of benzene rings is 2. The Morgan fingerprint density at radius 3 is 2.59 bits per heavy atom. The lowest BCUT2D eigenvalue weighted by Gasteiger charge is -2.18. The van der Waals surface area contributed by atoms with Crippen LogP contribution in [0.5, 0.6) is 11.5 Å². The van der Waals surface area contributed by atoms with E-state index in [0.29, 0.717) is 27.9 Å². The van der Waals surface area contributed by atoms with Crippen molar-refractivity contribution < 1.29 is 19.1 Å². The van der Waals surface area contributed by atoms with Gasteiger partial charge >= 0.3 is 0 Å². The largest absolute Gasteiger partial charge is 0.493 e. The summed E-state index contributed by atoms with van der Waals surface area (Å²) in [5, 5.41) is 3.37. The van der Waals surface area contributed by atoms with Crippen LogP contribution in [0.2, 0.25) is 10.0 Å². The number of ether oxygens (including phenoxy) is 2. The highest BCUT2D eigenvalue weighted by atomic mass is 35.5. The number of methoxy groups -OCH3 is 2. The van der Waals surface area contributed by atoms with Crippen LogP contribution in [0.3, 0.4) is 0 Å². The smallest absolute Gasteiger partial charge is 0.229 e. The van der Waals surface area contributed by atoms with Crippen LogP contribution in [0.25, 0.3) is 0 Å². The molecule has 2 aromatic carbocycles. The number of nitrogens with one attached hydrogen (secondary N) is 1. The van der Waals surface area contributed by atoms with Crippen molar-refractivity contribution in [3.63, 3.8) is 0 Å². The Kier molecular flexibility index (Phi) is 5.77. The first-order chi connectivity index (χ1) is 12.9. The van der Waals surface area contributed by atoms with Crippen molar-refractivity contribution in [1.82, 2.24) is 0 Å². The second-order valence-electron chi connectivity index (χ2n) is 6.04. The van der Waals surface area contributed by atoms with Crippen LogP contribution in [-0.2, 0) is 9.59 Å². The minimum absolute atomic E-state index is 0.109. The normalized spacial score (nSPS) is 16.4. The van der Waals surface area contributed by atoms with Crippen LogP contribution in [0.15, 0.2) is 36.4 Å². The Morgan fingerprint density at radius 2 is 1.89 bits per heavy atom. The summed E-state index contributed by atoms with van der Waals surface area (Å²) in [6.45, 7) is 0.262. The van der Waals surface area contributed by atoms with Gasteiger partial charge in [-0.15, -0.1) is 0 Å². The lowest BCUT2D eigenvalue weighted by atomic mass is 10.1. The molecule has 0 bridgehead atoms. The summed E-state index contributed by atoms with van der Waals surface area (Å²) in [6.07, 6.45) is 0.109. The first kappa shape index (κ1) is 19.3. The number of rotatable bonds is 5. The fraction of sp³-hybridized carbons (Fsp3) is 0.263. The molecule has 0 spiro atoms. The van der Waals surface area contributed by atoms with Gasteiger partial charge in [-0.1, -0.05) is 29.3 Å². The van der Waals surface area contributed by atoms with Crippen molar-refractivity contribution in [2.24, 2.45) is 5.92 Å². The molecule has 1 aliphatic heterocycles. The van der Waals surface area contributed by atoms with Crippen LogP contribution < -0.4 is 19.7 Å². The summed E-state index contributed by atoms with van der Waals surface area (Å²) in [5.74, 6) is 0.162. The van der Waals surface area contributed by atoms with Crippen molar-refractivity contribution in [1.29, 1.82) is 0 Å². The highest BCUT2D eigenvalue weighted by Crippen LogP contribution is 2.35. The lowest BCUT2D eigenvalue weighted by Crippen LogP contribution is -2.28. The van der Waals surface area contributed by atoms with Gasteiger partial charge in [0.25, 0.3) is 0 Å². The number of nitrogens with zero attached hydrogens (tertiary/aromatic N) is 1. The molecule has 6 nitrogen and oxygen atoms in total. The first-order valence-electron chi connectivity index (χ1n) is 8.22. The number of hydrogen-bond acceptors (Lipinski definition) is 4. The second-order valence-corrected chi connectivity index (χ2v) is 6.82. The molecule has 1 aliphatic rings. The zero-order chi connectivity index (χ0) is 19.6. The summed E-state index contributed by atoms with van der Waals surface area (Å²) >= 11 is 12.1. The van der Waals surface area contributed by atoms with Crippen molar-refractivity contribution in [2.45, 2.75) is 6.42 Å². The average Bonchev–Trinajstić information content (AvgIpc) is 3.06. The molecule has 1 heterocycles. The van der Waals surface area contributed by atoms with E-state index >= 15 is 0 Å². The van der Waals surface area contributed by atoms with Gasteiger partial charge in [0.1, 0.15) is 0 Å². The number of carbonyl (C=O) groups excluding carboxylic acids is 2. The van der Waals surface area contributed by atoms with Gasteiger partial charge in [-0.2, -0.15) is 0 Å². The zero-order valence-electron chi connectivity index (χ0n) is 14.8. The molecule has 27 heavy (non-hydrogen) atoms.